The van der Waals surface area contributed by atoms with Crippen LogP contribution in [-0.2, 0) is 10.0 Å². The fourth-order valence-corrected chi connectivity index (χ4v) is 2.03. The summed E-state index contributed by atoms with van der Waals surface area (Å²) in [6.07, 6.45) is 2.53. The molecule has 0 saturated carbocycles. The molecule has 0 unspecified atom stereocenters. The van der Waals surface area contributed by atoms with Crippen LogP contribution in [0.15, 0.2) is 47.9 Å². The molecular weight excluding hydrogens is 216 g/mol. The normalized spacial score (nSPS) is 11.2. The molecule has 0 saturated heterocycles. The summed E-state index contributed by atoms with van der Waals surface area (Å²) >= 11 is 0. The van der Waals surface area contributed by atoms with Crippen molar-refractivity contribution < 1.29 is 8.42 Å². The number of hydrogen-bond donors (Lipinski definition) is 1. The summed E-state index contributed by atoms with van der Waals surface area (Å²) < 4.78 is 24.6. The maximum atomic E-state index is 11.7. The van der Waals surface area contributed by atoms with Crippen LogP contribution in [0.5, 0.6) is 0 Å². The van der Waals surface area contributed by atoms with Gasteiger partial charge in [-0.2, -0.15) is 8.42 Å². The summed E-state index contributed by atoms with van der Waals surface area (Å²) in [4.78, 5) is 2.47. The van der Waals surface area contributed by atoms with Gasteiger partial charge in [0.05, 0.1) is 4.90 Å². The summed E-state index contributed by atoms with van der Waals surface area (Å²) in [5, 5.41) is 6.97. The van der Waals surface area contributed by atoms with E-state index in [9.17, 15) is 8.42 Å². The van der Waals surface area contributed by atoms with E-state index in [-0.39, 0.29) is 4.90 Å². The SMILES string of the molecule is O=S(=O)(Nn1cnnc1)c1ccccc1. The van der Waals surface area contributed by atoms with E-state index in [0.29, 0.717) is 0 Å². The Morgan fingerprint density at radius 2 is 1.67 bits per heavy atom. The number of hydrogen-bond acceptors (Lipinski definition) is 4. The van der Waals surface area contributed by atoms with Gasteiger partial charge in [-0.05, 0) is 12.1 Å². The monoisotopic (exact) mass is 224 g/mol. The van der Waals surface area contributed by atoms with Crippen LogP contribution >= 0.6 is 0 Å². The Bertz CT molecular complexity index is 521. The van der Waals surface area contributed by atoms with Gasteiger partial charge in [0, 0.05) is 0 Å². The fraction of sp³-hybridized carbons (Fsp3) is 0. The summed E-state index contributed by atoms with van der Waals surface area (Å²) in [6.45, 7) is 0. The highest BCUT2D eigenvalue weighted by Gasteiger charge is 2.12. The lowest BCUT2D eigenvalue weighted by atomic mass is 10.4. The second-order valence-corrected chi connectivity index (χ2v) is 4.44. The van der Waals surface area contributed by atoms with Gasteiger partial charge < -0.3 is 0 Å². The van der Waals surface area contributed by atoms with E-state index in [1.54, 1.807) is 18.2 Å². The number of nitrogens with zero attached hydrogens (tertiary/aromatic N) is 3. The van der Waals surface area contributed by atoms with E-state index >= 15 is 0 Å². The van der Waals surface area contributed by atoms with Crippen molar-refractivity contribution in [2.24, 2.45) is 0 Å². The largest absolute Gasteiger partial charge is 0.275 e. The molecule has 7 heteroatoms. The Kier molecular flexibility index (Phi) is 2.38. The average Bonchev–Trinajstić information content (AvgIpc) is 2.71. The third-order valence-electron chi connectivity index (χ3n) is 1.70. The number of nitrogens with one attached hydrogen (secondary N) is 1. The Morgan fingerprint density at radius 1 is 1.07 bits per heavy atom. The first-order valence-corrected chi connectivity index (χ1v) is 5.59. The van der Waals surface area contributed by atoms with E-state index in [4.69, 9.17) is 0 Å². The van der Waals surface area contributed by atoms with Crippen molar-refractivity contribution in [3.05, 3.63) is 43.0 Å². The molecule has 0 aliphatic carbocycles. The van der Waals surface area contributed by atoms with Crippen LogP contribution in [0.3, 0.4) is 0 Å². The number of rotatable bonds is 3. The smallest absolute Gasteiger partial charge is 0.221 e. The maximum absolute atomic E-state index is 11.7. The number of sulfonamides is 1. The number of benzene rings is 1. The first-order chi connectivity index (χ1) is 7.18. The van der Waals surface area contributed by atoms with Crippen molar-refractivity contribution in [1.29, 1.82) is 0 Å². The van der Waals surface area contributed by atoms with Gasteiger partial charge in [0.1, 0.15) is 12.7 Å². The van der Waals surface area contributed by atoms with Crippen molar-refractivity contribution in [2.75, 3.05) is 4.83 Å². The molecule has 0 radical (unpaired) electrons. The quantitative estimate of drug-likeness (QED) is 0.808. The molecular formula is C8H8N4O2S. The van der Waals surface area contributed by atoms with Gasteiger partial charge in [0.15, 0.2) is 0 Å². The first-order valence-electron chi connectivity index (χ1n) is 4.11. The Hall–Kier alpha value is -1.89. The highest BCUT2D eigenvalue weighted by atomic mass is 32.2. The molecule has 0 amide bonds. The molecule has 2 aromatic rings. The molecule has 0 fully saturated rings. The molecule has 2 rings (SSSR count). The zero-order valence-corrected chi connectivity index (χ0v) is 8.42. The summed E-state index contributed by atoms with van der Waals surface area (Å²) in [5.74, 6) is 0. The molecule has 0 aliphatic rings. The van der Waals surface area contributed by atoms with E-state index in [1.807, 2.05) is 0 Å². The molecule has 1 aromatic carbocycles. The summed E-state index contributed by atoms with van der Waals surface area (Å²) in [6, 6.07) is 8.07. The van der Waals surface area contributed by atoms with Gasteiger partial charge in [0.25, 0.3) is 10.0 Å². The molecule has 6 nitrogen and oxygen atoms in total. The van der Waals surface area contributed by atoms with Crippen LogP contribution in [-0.4, -0.2) is 23.3 Å². The molecule has 1 N–H and O–H groups in total. The Labute approximate surface area is 86.6 Å². The first kappa shape index (κ1) is 9.66. The van der Waals surface area contributed by atoms with Crippen LogP contribution in [0, 0.1) is 0 Å². The highest BCUT2D eigenvalue weighted by molar-refractivity contribution is 7.92. The topological polar surface area (TPSA) is 76.9 Å². The van der Waals surface area contributed by atoms with Gasteiger partial charge >= 0.3 is 0 Å². The maximum Gasteiger partial charge on any atom is 0.275 e. The van der Waals surface area contributed by atoms with Crippen LogP contribution in [0.4, 0.5) is 0 Å². The van der Waals surface area contributed by atoms with E-state index in [0.717, 1.165) is 0 Å². The Balaban J connectivity index is 2.29. The molecule has 0 atom stereocenters. The van der Waals surface area contributed by atoms with Gasteiger partial charge in [-0.1, -0.05) is 18.2 Å². The summed E-state index contributed by atoms with van der Waals surface area (Å²) in [7, 11) is -3.55. The van der Waals surface area contributed by atoms with Crippen molar-refractivity contribution in [2.45, 2.75) is 4.90 Å². The van der Waals surface area contributed by atoms with E-state index in [1.165, 1.54) is 29.5 Å². The second kappa shape index (κ2) is 3.70. The molecule has 78 valence electrons. The van der Waals surface area contributed by atoms with Crippen molar-refractivity contribution in [3.8, 4) is 0 Å². The predicted octanol–water partition coefficient (Wildman–Crippen LogP) is 0.210. The van der Waals surface area contributed by atoms with Crippen LogP contribution < -0.4 is 4.83 Å². The molecule has 0 aliphatic heterocycles. The highest BCUT2D eigenvalue weighted by Crippen LogP contribution is 2.07. The molecule has 15 heavy (non-hydrogen) atoms. The van der Waals surface area contributed by atoms with E-state index in [2.05, 4.69) is 15.0 Å². The van der Waals surface area contributed by atoms with Crippen molar-refractivity contribution in [1.82, 2.24) is 14.9 Å². The van der Waals surface area contributed by atoms with E-state index < -0.39 is 10.0 Å². The van der Waals surface area contributed by atoms with Crippen LogP contribution in [0.2, 0.25) is 0 Å². The minimum atomic E-state index is -3.55. The van der Waals surface area contributed by atoms with Crippen molar-refractivity contribution in [3.63, 3.8) is 0 Å². The van der Waals surface area contributed by atoms with Gasteiger partial charge in [-0.3, -0.25) is 0 Å². The summed E-state index contributed by atoms with van der Waals surface area (Å²) in [5.41, 5.74) is 0. The fourth-order valence-electron chi connectivity index (χ4n) is 1.04. The minimum absolute atomic E-state index is 0.193. The lowest BCUT2D eigenvalue weighted by Crippen LogP contribution is -2.21. The third-order valence-corrected chi connectivity index (χ3v) is 3.04. The zero-order valence-electron chi connectivity index (χ0n) is 7.61. The second-order valence-electron chi connectivity index (χ2n) is 2.78. The molecule has 1 heterocycles. The Morgan fingerprint density at radius 3 is 2.27 bits per heavy atom. The van der Waals surface area contributed by atoms with Gasteiger partial charge in [-0.25, -0.2) is 9.51 Å². The molecule has 1 aromatic heterocycles. The standard InChI is InChI=1S/C8H8N4O2S/c13-15(14,8-4-2-1-3-5-8)11-12-6-9-10-7-12/h1-7,11H. The predicted molar refractivity (Wildman–Crippen MR) is 53.0 cm³/mol. The molecule has 0 spiro atoms. The van der Waals surface area contributed by atoms with Gasteiger partial charge in [0.2, 0.25) is 0 Å². The van der Waals surface area contributed by atoms with Crippen LogP contribution in [0.1, 0.15) is 0 Å². The van der Waals surface area contributed by atoms with Crippen molar-refractivity contribution >= 4 is 10.0 Å². The third kappa shape index (κ3) is 2.13. The number of aromatic nitrogens is 3. The minimum Gasteiger partial charge on any atom is -0.221 e. The average molecular weight is 224 g/mol. The lowest BCUT2D eigenvalue weighted by molar-refractivity contribution is 0.595. The van der Waals surface area contributed by atoms with Crippen LogP contribution in [0.25, 0.3) is 0 Å². The zero-order chi connectivity index (χ0) is 10.7. The van der Waals surface area contributed by atoms with Gasteiger partial charge in [-0.15, -0.1) is 10.2 Å². The lowest BCUT2D eigenvalue weighted by Gasteiger charge is -2.06. The molecule has 0 bridgehead atoms.